The van der Waals surface area contributed by atoms with Gasteiger partial charge in [0.05, 0.1) is 6.20 Å². The predicted molar refractivity (Wildman–Crippen MR) is 31.2 cm³/mol. The van der Waals surface area contributed by atoms with Crippen molar-refractivity contribution in [2.75, 3.05) is 0 Å². The number of nitrogens with one attached hydrogen (secondary N) is 1. The molecule has 1 aromatic heterocycles. The Bertz CT molecular complexity index is 153. The molecule has 1 aromatic rings. The average molecular weight is 109 g/mol. The lowest BCUT2D eigenvalue weighted by Crippen LogP contribution is -2.33. The number of hydrogen-bond donors (Lipinski definition) is 1. The number of aromatic amines is 1. The molecule has 0 aromatic carbocycles. The maximum Gasteiger partial charge on any atom is 0.195 e. The van der Waals surface area contributed by atoms with Crippen molar-refractivity contribution >= 4 is 0 Å². The molecule has 0 radical (unpaired) electrons. The van der Waals surface area contributed by atoms with Gasteiger partial charge in [-0.25, -0.2) is 0 Å². The van der Waals surface area contributed by atoms with Gasteiger partial charge in [-0.05, 0) is 6.08 Å². The van der Waals surface area contributed by atoms with E-state index in [4.69, 9.17) is 0 Å². The number of allylic oxidation sites excluding steroid dienone is 1. The highest BCUT2D eigenvalue weighted by Crippen LogP contribution is 1.69. The summed E-state index contributed by atoms with van der Waals surface area (Å²) in [6.45, 7) is 4.45. The molecule has 42 valence electrons. The van der Waals surface area contributed by atoms with Crippen LogP contribution in [0.4, 0.5) is 0 Å². The zero-order valence-corrected chi connectivity index (χ0v) is 4.67. The summed E-state index contributed by atoms with van der Waals surface area (Å²) in [5.41, 5.74) is 0. The van der Waals surface area contributed by atoms with Crippen molar-refractivity contribution < 1.29 is 4.68 Å². The van der Waals surface area contributed by atoms with Crippen LogP contribution in [0.1, 0.15) is 0 Å². The summed E-state index contributed by atoms with van der Waals surface area (Å²) in [5.74, 6) is 0. The summed E-state index contributed by atoms with van der Waals surface area (Å²) in [6.07, 6.45) is 5.68. The molecule has 0 spiro atoms. The molecule has 2 nitrogen and oxygen atoms in total. The SMILES string of the molecule is C=CC[n+]1ccc[nH]1. The second-order valence-corrected chi connectivity index (χ2v) is 1.58. The third-order valence-corrected chi connectivity index (χ3v) is 0.928. The highest BCUT2D eigenvalue weighted by atomic mass is 15.3. The first kappa shape index (κ1) is 5.09. The van der Waals surface area contributed by atoms with Gasteiger partial charge in [0.2, 0.25) is 0 Å². The molecule has 0 amide bonds. The number of aromatic nitrogens is 2. The molecule has 1 heterocycles. The summed E-state index contributed by atoms with van der Waals surface area (Å²) in [6, 6.07) is 1.95. The smallest absolute Gasteiger partial charge is 0.173 e. The van der Waals surface area contributed by atoms with Gasteiger partial charge < -0.3 is 0 Å². The van der Waals surface area contributed by atoms with Crippen LogP contribution in [-0.4, -0.2) is 5.10 Å². The van der Waals surface area contributed by atoms with Gasteiger partial charge in [-0.3, -0.25) is 0 Å². The van der Waals surface area contributed by atoms with Gasteiger partial charge >= 0.3 is 0 Å². The third kappa shape index (κ3) is 0.964. The van der Waals surface area contributed by atoms with Crippen LogP contribution in [0.2, 0.25) is 0 Å². The molecule has 0 unspecified atom stereocenters. The monoisotopic (exact) mass is 109 g/mol. The Hall–Kier alpha value is -1.05. The van der Waals surface area contributed by atoms with Gasteiger partial charge in [-0.1, -0.05) is 6.58 Å². The largest absolute Gasteiger partial charge is 0.195 e. The van der Waals surface area contributed by atoms with E-state index in [1.165, 1.54) is 0 Å². The maximum atomic E-state index is 3.59. The Morgan fingerprint density at radius 1 is 1.75 bits per heavy atom. The van der Waals surface area contributed by atoms with Gasteiger partial charge in [0.25, 0.3) is 0 Å². The molecule has 1 rings (SSSR count). The second kappa shape index (κ2) is 2.31. The van der Waals surface area contributed by atoms with Gasteiger partial charge in [0.1, 0.15) is 0 Å². The van der Waals surface area contributed by atoms with E-state index in [1.54, 1.807) is 0 Å². The molecule has 8 heavy (non-hydrogen) atoms. The molecule has 0 bridgehead atoms. The normalized spacial score (nSPS) is 9.00. The summed E-state index contributed by atoms with van der Waals surface area (Å²) in [4.78, 5) is 0. The standard InChI is InChI=1S/C6H8N2/c1-2-5-8-6-3-4-7-8/h2-4,6H,1,5H2/p+1. The molecule has 0 atom stereocenters. The highest BCUT2D eigenvalue weighted by Gasteiger charge is 1.90. The molecular weight excluding hydrogens is 100 g/mol. The molecule has 1 N–H and O–H groups in total. The van der Waals surface area contributed by atoms with E-state index in [-0.39, 0.29) is 0 Å². The topological polar surface area (TPSA) is 19.7 Å². The molecule has 0 aliphatic heterocycles. The summed E-state index contributed by atoms with van der Waals surface area (Å²) >= 11 is 0. The van der Waals surface area contributed by atoms with E-state index in [1.807, 2.05) is 29.2 Å². The Morgan fingerprint density at radius 2 is 2.62 bits per heavy atom. The molecule has 0 fully saturated rings. The van der Waals surface area contributed by atoms with Crippen molar-refractivity contribution in [1.29, 1.82) is 0 Å². The van der Waals surface area contributed by atoms with Crippen LogP contribution in [-0.2, 0) is 6.54 Å². The highest BCUT2D eigenvalue weighted by molar-refractivity contribution is 4.68. The zero-order valence-electron chi connectivity index (χ0n) is 4.67. The van der Waals surface area contributed by atoms with E-state index in [0.717, 1.165) is 6.54 Å². The minimum atomic E-state index is 0.854. The van der Waals surface area contributed by atoms with Crippen LogP contribution in [0.25, 0.3) is 0 Å². The molecule has 0 aliphatic carbocycles. The lowest BCUT2D eigenvalue weighted by atomic mass is 10.6. The van der Waals surface area contributed by atoms with Gasteiger partial charge in [-0.15, -0.1) is 4.68 Å². The van der Waals surface area contributed by atoms with Crippen molar-refractivity contribution in [3.05, 3.63) is 31.1 Å². The maximum absolute atomic E-state index is 3.59. The first-order chi connectivity index (χ1) is 3.93. The lowest BCUT2D eigenvalue weighted by molar-refractivity contribution is -0.741. The van der Waals surface area contributed by atoms with Gasteiger partial charge in [-0.2, -0.15) is 5.10 Å². The van der Waals surface area contributed by atoms with E-state index < -0.39 is 0 Å². The van der Waals surface area contributed by atoms with Crippen LogP contribution in [0.5, 0.6) is 0 Å². The Labute approximate surface area is 48.4 Å². The fourth-order valence-corrected chi connectivity index (χ4v) is 0.581. The molecule has 0 aliphatic rings. The number of hydrogen-bond acceptors (Lipinski definition) is 0. The van der Waals surface area contributed by atoms with Crippen LogP contribution < -0.4 is 4.68 Å². The Kier molecular flexibility index (Phi) is 1.47. The Balaban J connectivity index is 2.62. The second-order valence-electron chi connectivity index (χ2n) is 1.58. The van der Waals surface area contributed by atoms with Crippen molar-refractivity contribution in [2.45, 2.75) is 6.54 Å². The molecular formula is C6H9N2+. The van der Waals surface area contributed by atoms with E-state index >= 15 is 0 Å². The number of nitrogens with zero attached hydrogens (tertiary/aromatic N) is 1. The quantitative estimate of drug-likeness (QED) is 0.421. The summed E-state index contributed by atoms with van der Waals surface area (Å²) in [5, 5.41) is 2.98. The van der Waals surface area contributed by atoms with Gasteiger partial charge in [0, 0.05) is 6.07 Å². The van der Waals surface area contributed by atoms with Crippen molar-refractivity contribution in [3.8, 4) is 0 Å². The third-order valence-electron chi connectivity index (χ3n) is 0.928. The van der Waals surface area contributed by atoms with Crippen LogP contribution in [0.15, 0.2) is 31.1 Å². The minimum Gasteiger partial charge on any atom is -0.173 e. The number of H-pyrrole nitrogens is 1. The van der Waals surface area contributed by atoms with Crippen molar-refractivity contribution in [2.24, 2.45) is 0 Å². The summed E-state index contributed by atoms with van der Waals surface area (Å²) in [7, 11) is 0. The first-order valence-electron chi connectivity index (χ1n) is 2.57. The van der Waals surface area contributed by atoms with Crippen LogP contribution >= 0.6 is 0 Å². The fourth-order valence-electron chi connectivity index (χ4n) is 0.581. The van der Waals surface area contributed by atoms with E-state index in [9.17, 15) is 0 Å². The lowest BCUT2D eigenvalue weighted by Gasteiger charge is -1.78. The van der Waals surface area contributed by atoms with E-state index in [0.29, 0.717) is 0 Å². The minimum absolute atomic E-state index is 0.854. The average Bonchev–Trinajstić information content (AvgIpc) is 2.19. The predicted octanol–water partition coefficient (Wildman–Crippen LogP) is 0.488. The van der Waals surface area contributed by atoms with E-state index in [2.05, 4.69) is 11.7 Å². The Morgan fingerprint density at radius 3 is 3.12 bits per heavy atom. The van der Waals surface area contributed by atoms with Crippen LogP contribution in [0.3, 0.4) is 0 Å². The molecule has 0 saturated heterocycles. The van der Waals surface area contributed by atoms with Crippen LogP contribution in [0, 0.1) is 0 Å². The number of rotatable bonds is 2. The van der Waals surface area contributed by atoms with Gasteiger partial charge in [0.15, 0.2) is 12.7 Å². The molecule has 2 heteroatoms. The zero-order chi connectivity index (χ0) is 5.82. The first-order valence-corrected chi connectivity index (χ1v) is 2.57. The summed E-state index contributed by atoms with van der Waals surface area (Å²) < 4.78 is 1.94. The molecule has 0 saturated carbocycles. The van der Waals surface area contributed by atoms with Crippen molar-refractivity contribution in [1.82, 2.24) is 5.10 Å². The fraction of sp³-hybridized carbons (Fsp3) is 0.167. The van der Waals surface area contributed by atoms with Crippen molar-refractivity contribution in [3.63, 3.8) is 0 Å².